The molecule has 1 atom stereocenters. The second-order valence-electron chi connectivity index (χ2n) is 6.95. The van der Waals surface area contributed by atoms with E-state index in [2.05, 4.69) is 17.2 Å². The fourth-order valence-electron chi connectivity index (χ4n) is 3.07. The molecular formula is C23H21N3O5. The number of rotatable bonds is 5. The van der Waals surface area contributed by atoms with Crippen LogP contribution in [0.4, 0.5) is 0 Å². The summed E-state index contributed by atoms with van der Waals surface area (Å²) >= 11 is 0. The maximum absolute atomic E-state index is 12.6. The topological polar surface area (TPSA) is 116 Å². The Kier molecular flexibility index (Phi) is 7.14. The molecule has 1 fully saturated rings. The highest BCUT2D eigenvalue weighted by Gasteiger charge is 2.32. The normalized spacial score (nSPS) is 14.3. The number of nitrogens with zero attached hydrogens (tertiary/aromatic N) is 1. The van der Waals surface area contributed by atoms with Gasteiger partial charge < -0.3 is 5.32 Å². The summed E-state index contributed by atoms with van der Waals surface area (Å²) in [5.74, 6) is 3.67. The van der Waals surface area contributed by atoms with Crippen LogP contribution in [0.15, 0.2) is 54.6 Å². The van der Waals surface area contributed by atoms with Crippen LogP contribution in [0.25, 0.3) is 0 Å². The highest BCUT2D eigenvalue weighted by Crippen LogP contribution is 2.13. The van der Waals surface area contributed by atoms with Gasteiger partial charge in [0.2, 0.25) is 11.8 Å². The second kappa shape index (κ2) is 10.2. The molecule has 1 saturated heterocycles. The smallest absolute Gasteiger partial charge is 0.267 e. The van der Waals surface area contributed by atoms with Crippen molar-refractivity contribution in [3.05, 3.63) is 71.3 Å². The predicted octanol–water partition coefficient (Wildman–Crippen LogP) is 1.23. The van der Waals surface area contributed by atoms with E-state index in [4.69, 9.17) is 5.21 Å². The number of imide groups is 1. The average molecular weight is 419 g/mol. The second-order valence-corrected chi connectivity index (χ2v) is 6.95. The molecular weight excluding hydrogens is 398 g/mol. The largest absolute Gasteiger partial charge is 0.338 e. The molecule has 31 heavy (non-hydrogen) atoms. The summed E-state index contributed by atoms with van der Waals surface area (Å²) in [5.41, 5.74) is 3.29. The molecule has 1 aliphatic rings. The zero-order valence-corrected chi connectivity index (χ0v) is 16.6. The number of hydroxylamine groups is 1. The molecule has 0 spiro atoms. The van der Waals surface area contributed by atoms with Gasteiger partial charge in [0.15, 0.2) is 0 Å². The highest BCUT2D eigenvalue weighted by molar-refractivity contribution is 6.00. The lowest BCUT2D eigenvalue weighted by atomic mass is 10.1. The van der Waals surface area contributed by atoms with Gasteiger partial charge in [-0.1, -0.05) is 30.0 Å². The molecule has 0 saturated carbocycles. The van der Waals surface area contributed by atoms with E-state index in [1.54, 1.807) is 24.3 Å². The SMILES string of the molecule is O=C(NC(CN1C(=O)CCCC1=O)C(=O)NO)c1ccc(C#Cc2ccccc2)cc1. The number of carbonyl (C=O) groups is 4. The van der Waals surface area contributed by atoms with Crippen molar-refractivity contribution >= 4 is 23.6 Å². The lowest BCUT2D eigenvalue weighted by Crippen LogP contribution is -2.55. The third-order valence-corrected chi connectivity index (χ3v) is 4.75. The van der Waals surface area contributed by atoms with Crippen molar-refractivity contribution in [2.24, 2.45) is 0 Å². The van der Waals surface area contributed by atoms with Crippen LogP contribution in [0.5, 0.6) is 0 Å². The molecule has 4 amide bonds. The summed E-state index contributed by atoms with van der Waals surface area (Å²) in [4.78, 5) is 49.5. The van der Waals surface area contributed by atoms with Crippen LogP contribution in [-0.4, -0.2) is 46.3 Å². The van der Waals surface area contributed by atoms with E-state index in [0.29, 0.717) is 12.0 Å². The van der Waals surface area contributed by atoms with Crippen LogP contribution < -0.4 is 10.8 Å². The highest BCUT2D eigenvalue weighted by atomic mass is 16.5. The summed E-state index contributed by atoms with van der Waals surface area (Å²) in [6.07, 6.45) is 0.841. The van der Waals surface area contributed by atoms with Gasteiger partial charge in [-0.15, -0.1) is 0 Å². The van der Waals surface area contributed by atoms with Gasteiger partial charge in [-0.2, -0.15) is 0 Å². The maximum Gasteiger partial charge on any atom is 0.267 e. The van der Waals surface area contributed by atoms with Crippen LogP contribution in [0.1, 0.15) is 40.7 Å². The van der Waals surface area contributed by atoms with E-state index < -0.39 is 29.7 Å². The lowest BCUT2D eigenvalue weighted by Gasteiger charge is -2.28. The van der Waals surface area contributed by atoms with Gasteiger partial charge in [0, 0.05) is 29.5 Å². The molecule has 1 unspecified atom stereocenters. The molecule has 8 heteroatoms. The molecule has 8 nitrogen and oxygen atoms in total. The molecule has 2 aromatic rings. The summed E-state index contributed by atoms with van der Waals surface area (Å²) < 4.78 is 0. The van der Waals surface area contributed by atoms with E-state index in [0.717, 1.165) is 10.5 Å². The Bertz CT molecular complexity index is 1020. The Labute approximate surface area is 179 Å². The van der Waals surface area contributed by atoms with E-state index in [1.165, 1.54) is 5.48 Å². The number of nitrogens with one attached hydrogen (secondary N) is 2. The monoisotopic (exact) mass is 419 g/mol. The number of piperidine rings is 1. The standard InChI is InChI=1S/C23H21N3O5/c27-20-7-4-8-21(28)26(20)15-19(23(30)25-31)24-22(29)18-13-11-17(12-14-18)10-9-16-5-2-1-3-6-16/h1-3,5-6,11-14,19,31H,4,7-8,15H2,(H,24,29)(H,25,30). The Balaban J connectivity index is 1.68. The molecule has 0 aromatic heterocycles. The predicted molar refractivity (Wildman–Crippen MR) is 111 cm³/mol. The summed E-state index contributed by atoms with van der Waals surface area (Å²) in [6, 6.07) is 14.6. The molecule has 0 aliphatic carbocycles. The van der Waals surface area contributed by atoms with Crippen molar-refractivity contribution in [3.8, 4) is 11.8 Å². The third-order valence-electron chi connectivity index (χ3n) is 4.75. The van der Waals surface area contributed by atoms with Crippen molar-refractivity contribution in [2.45, 2.75) is 25.3 Å². The van der Waals surface area contributed by atoms with Gasteiger partial charge >= 0.3 is 0 Å². The van der Waals surface area contributed by atoms with Crippen molar-refractivity contribution in [1.29, 1.82) is 0 Å². The molecule has 1 aliphatic heterocycles. The fourth-order valence-corrected chi connectivity index (χ4v) is 3.07. The van der Waals surface area contributed by atoms with Crippen LogP contribution >= 0.6 is 0 Å². The Hall–Kier alpha value is -3.96. The van der Waals surface area contributed by atoms with E-state index >= 15 is 0 Å². The number of hydrogen-bond donors (Lipinski definition) is 3. The minimum atomic E-state index is -1.29. The Morgan fingerprint density at radius 2 is 1.52 bits per heavy atom. The van der Waals surface area contributed by atoms with Gasteiger partial charge in [0.05, 0.1) is 6.54 Å². The van der Waals surface area contributed by atoms with E-state index in [1.807, 2.05) is 30.3 Å². The van der Waals surface area contributed by atoms with Crippen LogP contribution in [0, 0.1) is 11.8 Å². The van der Waals surface area contributed by atoms with Crippen molar-refractivity contribution in [2.75, 3.05) is 6.54 Å². The molecule has 158 valence electrons. The number of benzene rings is 2. The number of carbonyl (C=O) groups excluding carboxylic acids is 4. The van der Waals surface area contributed by atoms with Gasteiger partial charge in [-0.3, -0.25) is 29.3 Å². The van der Waals surface area contributed by atoms with Gasteiger partial charge in [-0.25, -0.2) is 5.48 Å². The first-order valence-corrected chi connectivity index (χ1v) is 9.73. The minimum absolute atomic E-state index is 0.193. The first-order valence-electron chi connectivity index (χ1n) is 9.73. The van der Waals surface area contributed by atoms with E-state index in [-0.39, 0.29) is 24.9 Å². The van der Waals surface area contributed by atoms with Crippen LogP contribution in [0.3, 0.4) is 0 Å². The van der Waals surface area contributed by atoms with Crippen LogP contribution in [-0.2, 0) is 14.4 Å². The Morgan fingerprint density at radius 1 is 0.935 bits per heavy atom. The molecule has 3 rings (SSSR count). The van der Waals surface area contributed by atoms with E-state index in [9.17, 15) is 19.2 Å². The fraction of sp³-hybridized carbons (Fsp3) is 0.217. The van der Waals surface area contributed by atoms with Crippen molar-refractivity contribution in [3.63, 3.8) is 0 Å². The molecule has 2 aromatic carbocycles. The van der Waals surface area contributed by atoms with Crippen molar-refractivity contribution < 1.29 is 24.4 Å². The van der Waals surface area contributed by atoms with Gasteiger partial charge in [0.25, 0.3) is 11.8 Å². The molecule has 0 radical (unpaired) electrons. The summed E-state index contributed by atoms with van der Waals surface area (Å²) in [5, 5.41) is 11.4. The van der Waals surface area contributed by atoms with Crippen molar-refractivity contribution in [1.82, 2.24) is 15.7 Å². The first-order chi connectivity index (χ1) is 15.0. The maximum atomic E-state index is 12.6. The zero-order chi connectivity index (χ0) is 22.2. The number of amides is 4. The number of likely N-dealkylation sites (tertiary alicyclic amines) is 1. The number of hydrogen-bond acceptors (Lipinski definition) is 5. The lowest BCUT2D eigenvalue weighted by molar-refractivity contribution is -0.149. The first kappa shape index (κ1) is 21.7. The van der Waals surface area contributed by atoms with Crippen LogP contribution in [0.2, 0.25) is 0 Å². The molecule has 3 N–H and O–H groups in total. The summed E-state index contributed by atoms with van der Waals surface area (Å²) in [7, 11) is 0. The molecule has 0 bridgehead atoms. The quantitative estimate of drug-likeness (QED) is 0.292. The zero-order valence-electron chi connectivity index (χ0n) is 16.6. The summed E-state index contributed by atoms with van der Waals surface area (Å²) in [6.45, 7) is -0.351. The third kappa shape index (κ3) is 5.78. The Morgan fingerprint density at radius 3 is 2.10 bits per heavy atom. The average Bonchev–Trinajstić information content (AvgIpc) is 2.79. The molecule has 1 heterocycles. The minimum Gasteiger partial charge on any atom is -0.338 e. The van der Waals surface area contributed by atoms with Gasteiger partial charge in [-0.05, 0) is 42.8 Å². The van der Waals surface area contributed by atoms with Gasteiger partial charge in [0.1, 0.15) is 6.04 Å².